The highest BCUT2D eigenvalue weighted by Crippen LogP contribution is 2.33. The summed E-state index contributed by atoms with van der Waals surface area (Å²) in [5, 5.41) is 3.37. The molecule has 1 atom stereocenters. The van der Waals surface area contributed by atoms with Crippen molar-refractivity contribution in [3.05, 3.63) is 34.0 Å². The minimum Gasteiger partial charge on any atom is -0.312 e. The van der Waals surface area contributed by atoms with Crippen LogP contribution in [0.25, 0.3) is 0 Å². The Balaban J connectivity index is 2.20. The molecule has 2 rings (SSSR count). The molecule has 0 saturated heterocycles. The second-order valence-corrected chi connectivity index (χ2v) is 5.34. The Kier molecular flexibility index (Phi) is 3.60. The lowest BCUT2D eigenvalue weighted by Gasteiger charge is -2.11. The molecule has 1 aromatic heterocycles. The fourth-order valence-corrected chi connectivity index (χ4v) is 3.61. The normalized spacial score (nSPS) is 17.1. The van der Waals surface area contributed by atoms with Crippen LogP contribution in [0.15, 0.2) is 18.7 Å². The van der Waals surface area contributed by atoms with Gasteiger partial charge in [-0.25, -0.2) is 0 Å². The molecule has 1 heterocycles. The molecule has 0 amide bonds. The van der Waals surface area contributed by atoms with Crippen LogP contribution < -0.4 is 5.32 Å². The van der Waals surface area contributed by atoms with Gasteiger partial charge in [-0.3, -0.25) is 0 Å². The third kappa shape index (κ3) is 2.32. The van der Waals surface area contributed by atoms with E-state index in [4.69, 9.17) is 0 Å². The van der Waals surface area contributed by atoms with Crippen molar-refractivity contribution in [1.82, 2.24) is 5.32 Å². The Bertz CT molecular complexity index is 317. The summed E-state index contributed by atoms with van der Waals surface area (Å²) in [5.74, 6) is 0. The van der Waals surface area contributed by atoms with Gasteiger partial charge in [0.15, 0.2) is 0 Å². The van der Waals surface area contributed by atoms with E-state index in [-0.39, 0.29) is 0 Å². The molecule has 0 fully saturated rings. The number of hydrogen-bond acceptors (Lipinski definition) is 2. The van der Waals surface area contributed by atoms with Crippen molar-refractivity contribution in [3.8, 4) is 0 Å². The van der Waals surface area contributed by atoms with E-state index in [1.165, 1.54) is 30.6 Å². The van der Waals surface area contributed by atoms with Crippen LogP contribution in [0.3, 0.4) is 0 Å². The second kappa shape index (κ2) is 4.95. The number of nitrogens with one attached hydrogen (secondary N) is 1. The molecule has 0 aliphatic heterocycles. The van der Waals surface area contributed by atoms with Crippen molar-refractivity contribution in [2.75, 3.05) is 7.05 Å². The average Bonchev–Trinajstić information content (AvgIpc) is 2.69. The molecule has 0 radical (unpaired) electrons. The van der Waals surface area contributed by atoms with Crippen LogP contribution in [-0.4, -0.2) is 7.05 Å². The first-order valence-corrected chi connectivity index (χ1v) is 6.56. The van der Waals surface area contributed by atoms with Crippen molar-refractivity contribution >= 4 is 11.3 Å². The Labute approximate surface area is 96.2 Å². The standard InChI is InChI=1S/C13H19NS/c1-3-6-11(14-2)13-9-10-7-4-5-8-12(10)15-13/h3,9,11,14H,1,4-8H2,2H3. The first-order valence-electron chi connectivity index (χ1n) is 5.74. The Hall–Kier alpha value is -0.600. The third-order valence-electron chi connectivity index (χ3n) is 3.11. The highest BCUT2D eigenvalue weighted by Gasteiger charge is 2.17. The van der Waals surface area contributed by atoms with E-state index in [0.717, 1.165) is 6.42 Å². The van der Waals surface area contributed by atoms with Crippen LogP contribution in [0.2, 0.25) is 0 Å². The van der Waals surface area contributed by atoms with E-state index in [1.807, 2.05) is 24.5 Å². The minimum absolute atomic E-state index is 0.470. The van der Waals surface area contributed by atoms with E-state index in [9.17, 15) is 0 Å². The van der Waals surface area contributed by atoms with Crippen molar-refractivity contribution in [2.24, 2.45) is 0 Å². The van der Waals surface area contributed by atoms with E-state index in [1.54, 1.807) is 10.4 Å². The Morgan fingerprint density at radius 1 is 1.53 bits per heavy atom. The molecular weight excluding hydrogens is 202 g/mol. The monoisotopic (exact) mass is 221 g/mol. The second-order valence-electron chi connectivity index (χ2n) is 4.17. The van der Waals surface area contributed by atoms with Crippen molar-refractivity contribution in [2.45, 2.75) is 38.1 Å². The zero-order valence-corrected chi connectivity index (χ0v) is 10.2. The number of thiophene rings is 1. The van der Waals surface area contributed by atoms with Crippen LogP contribution in [0.1, 0.15) is 40.6 Å². The van der Waals surface area contributed by atoms with Crippen LogP contribution in [0.5, 0.6) is 0 Å². The topological polar surface area (TPSA) is 12.0 Å². The molecule has 1 aromatic rings. The van der Waals surface area contributed by atoms with Gasteiger partial charge in [-0.15, -0.1) is 17.9 Å². The van der Waals surface area contributed by atoms with Crippen molar-refractivity contribution in [1.29, 1.82) is 0 Å². The minimum atomic E-state index is 0.470. The average molecular weight is 221 g/mol. The summed E-state index contributed by atoms with van der Waals surface area (Å²) in [6.07, 6.45) is 8.35. The number of aryl methyl sites for hydroxylation is 2. The molecule has 1 N–H and O–H groups in total. The summed E-state index contributed by atoms with van der Waals surface area (Å²) >= 11 is 2.00. The predicted octanol–water partition coefficient (Wildman–Crippen LogP) is 3.46. The molecule has 82 valence electrons. The van der Waals surface area contributed by atoms with Crippen LogP contribution >= 0.6 is 11.3 Å². The maximum atomic E-state index is 3.82. The van der Waals surface area contributed by atoms with Gasteiger partial charge in [-0.05, 0) is 50.8 Å². The summed E-state index contributed by atoms with van der Waals surface area (Å²) in [7, 11) is 2.03. The Morgan fingerprint density at radius 2 is 2.33 bits per heavy atom. The number of hydrogen-bond donors (Lipinski definition) is 1. The van der Waals surface area contributed by atoms with Gasteiger partial charge in [0, 0.05) is 15.8 Å². The van der Waals surface area contributed by atoms with Gasteiger partial charge >= 0.3 is 0 Å². The highest BCUT2D eigenvalue weighted by atomic mass is 32.1. The van der Waals surface area contributed by atoms with E-state index < -0.39 is 0 Å². The zero-order valence-electron chi connectivity index (χ0n) is 9.38. The molecule has 1 unspecified atom stereocenters. The summed E-state index contributed by atoms with van der Waals surface area (Å²) in [6, 6.07) is 2.88. The van der Waals surface area contributed by atoms with Crippen LogP contribution in [0, 0.1) is 0 Å². The van der Waals surface area contributed by atoms with Gasteiger partial charge in [-0.1, -0.05) is 6.08 Å². The first kappa shape index (κ1) is 10.9. The molecular formula is C13H19NS. The predicted molar refractivity (Wildman–Crippen MR) is 67.6 cm³/mol. The lowest BCUT2D eigenvalue weighted by molar-refractivity contribution is 0.613. The van der Waals surface area contributed by atoms with E-state index in [0.29, 0.717) is 6.04 Å². The SMILES string of the molecule is C=CCC(NC)c1cc2c(s1)CCCC2. The summed E-state index contributed by atoms with van der Waals surface area (Å²) in [6.45, 7) is 3.82. The quantitative estimate of drug-likeness (QED) is 0.768. The van der Waals surface area contributed by atoms with Gasteiger partial charge in [0.1, 0.15) is 0 Å². The largest absolute Gasteiger partial charge is 0.312 e. The van der Waals surface area contributed by atoms with Crippen molar-refractivity contribution < 1.29 is 0 Å². The Morgan fingerprint density at radius 3 is 3.00 bits per heavy atom. The fraction of sp³-hybridized carbons (Fsp3) is 0.538. The van der Waals surface area contributed by atoms with Gasteiger partial charge in [-0.2, -0.15) is 0 Å². The number of rotatable bonds is 4. The lowest BCUT2D eigenvalue weighted by Crippen LogP contribution is -2.13. The molecule has 1 aliphatic rings. The lowest BCUT2D eigenvalue weighted by atomic mass is 9.98. The maximum absolute atomic E-state index is 3.82. The highest BCUT2D eigenvalue weighted by molar-refractivity contribution is 7.12. The summed E-state index contributed by atoms with van der Waals surface area (Å²) < 4.78 is 0. The molecule has 15 heavy (non-hydrogen) atoms. The van der Waals surface area contributed by atoms with Gasteiger partial charge < -0.3 is 5.32 Å². The molecule has 0 spiro atoms. The van der Waals surface area contributed by atoms with Crippen molar-refractivity contribution in [3.63, 3.8) is 0 Å². The molecule has 2 heteroatoms. The summed E-state index contributed by atoms with van der Waals surface area (Å²) in [4.78, 5) is 3.12. The summed E-state index contributed by atoms with van der Waals surface area (Å²) in [5.41, 5.74) is 1.60. The molecule has 0 aromatic carbocycles. The van der Waals surface area contributed by atoms with Gasteiger partial charge in [0.25, 0.3) is 0 Å². The molecule has 1 nitrogen and oxygen atoms in total. The van der Waals surface area contributed by atoms with Gasteiger partial charge in [0.2, 0.25) is 0 Å². The first-order chi connectivity index (χ1) is 7.35. The van der Waals surface area contributed by atoms with Crippen LogP contribution in [0.4, 0.5) is 0 Å². The molecule has 0 saturated carbocycles. The smallest absolute Gasteiger partial charge is 0.0447 e. The maximum Gasteiger partial charge on any atom is 0.0447 e. The molecule has 0 bridgehead atoms. The van der Waals surface area contributed by atoms with E-state index in [2.05, 4.69) is 18.0 Å². The van der Waals surface area contributed by atoms with E-state index >= 15 is 0 Å². The number of fused-ring (bicyclic) bond motifs is 1. The molecule has 1 aliphatic carbocycles. The third-order valence-corrected chi connectivity index (χ3v) is 4.46. The fourth-order valence-electron chi connectivity index (χ4n) is 2.23. The van der Waals surface area contributed by atoms with Gasteiger partial charge in [0.05, 0.1) is 0 Å². The van der Waals surface area contributed by atoms with Crippen LogP contribution in [-0.2, 0) is 12.8 Å². The zero-order chi connectivity index (χ0) is 10.7.